The van der Waals surface area contributed by atoms with Gasteiger partial charge in [0.2, 0.25) is 0 Å². The van der Waals surface area contributed by atoms with E-state index < -0.39 is 5.97 Å². The van der Waals surface area contributed by atoms with Gasteiger partial charge in [0.15, 0.2) is 0 Å². The number of nitrogens with zero attached hydrogens (tertiary/aromatic N) is 2. The van der Waals surface area contributed by atoms with Gasteiger partial charge >= 0.3 is 5.97 Å². The summed E-state index contributed by atoms with van der Waals surface area (Å²) in [6.45, 7) is 4.25. The molecule has 1 N–H and O–H groups in total. The van der Waals surface area contributed by atoms with Crippen molar-refractivity contribution in [3.05, 3.63) is 35.3 Å². The van der Waals surface area contributed by atoms with Crippen LogP contribution in [0.4, 0.5) is 0 Å². The third kappa shape index (κ3) is 4.84. The van der Waals surface area contributed by atoms with Gasteiger partial charge in [-0.15, -0.1) is 11.3 Å². The number of esters is 1. The zero-order chi connectivity index (χ0) is 19.4. The Bertz CT molecular complexity index is 818. The Hall–Kier alpha value is -2.45. The molecular formula is C19H22N2O5S. The molecule has 1 aromatic heterocycles. The van der Waals surface area contributed by atoms with Crippen molar-refractivity contribution in [2.45, 2.75) is 13.5 Å². The van der Waals surface area contributed by atoms with Crippen LogP contribution in [-0.4, -0.2) is 53.7 Å². The quantitative estimate of drug-likeness (QED) is 0.803. The number of carboxylic acids is 1. The van der Waals surface area contributed by atoms with Gasteiger partial charge in [0.1, 0.15) is 10.8 Å². The summed E-state index contributed by atoms with van der Waals surface area (Å²) in [6.07, 6.45) is 1.94. The second-order valence-corrected chi connectivity index (χ2v) is 7.69. The Morgan fingerprint density at radius 2 is 2.22 bits per heavy atom. The summed E-state index contributed by atoms with van der Waals surface area (Å²) >= 11 is 1.70. The van der Waals surface area contributed by atoms with Crippen LogP contribution < -0.4 is 4.74 Å². The van der Waals surface area contributed by atoms with Crippen LogP contribution in [0, 0.1) is 11.8 Å². The van der Waals surface area contributed by atoms with Gasteiger partial charge in [0.05, 0.1) is 19.6 Å². The van der Waals surface area contributed by atoms with Crippen LogP contribution in [0.25, 0.3) is 10.6 Å². The van der Waals surface area contributed by atoms with E-state index in [1.54, 1.807) is 18.4 Å². The smallest absolute Gasteiger partial charge is 0.310 e. The summed E-state index contributed by atoms with van der Waals surface area (Å²) in [6, 6.07) is 7.95. The minimum absolute atomic E-state index is 0.0288. The molecule has 0 saturated carbocycles. The van der Waals surface area contributed by atoms with Crippen molar-refractivity contribution in [2.24, 2.45) is 11.8 Å². The van der Waals surface area contributed by atoms with Crippen LogP contribution in [-0.2, 0) is 20.9 Å². The minimum Gasteiger partial charge on any atom is -0.497 e. The normalized spacial score (nSPS) is 21.2. The Balaban J connectivity index is 0.000000481. The number of fused-ring (bicyclic) bond motifs is 1. The molecule has 2 atom stereocenters. The first-order valence-corrected chi connectivity index (χ1v) is 9.45. The van der Waals surface area contributed by atoms with E-state index in [9.17, 15) is 4.79 Å². The van der Waals surface area contributed by atoms with E-state index in [2.05, 4.69) is 9.88 Å². The molecule has 7 nitrogen and oxygen atoms in total. The number of rotatable bonds is 4. The summed E-state index contributed by atoms with van der Waals surface area (Å²) in [5.74, 6) is 0.415. The molecule has 2 fully saturated rings. The fourth-order valence-electron chi connectivity index (χ4n) is 3.31. The highest BCUT2D eigenvalue weighted by Crippen LogP contribution is 2.33. The number of carbonyl (C=O) groups is 2. The fraction of sp³-hybridized carbons (Fsp3) is 0.421. The number of thiazole rings is 1. The van der Waals surface area contributed by atoms with Crippen molar-refractivity contribution in [1.29, 1.82) is 0 Å². The second-order valence-electron chi connectivity index (χ2n) is 6.57. The maximum atomic E-state index is 11.6. The molecule has 2 aromatic rings. The number of likely N-dealkylation sites (tertiary alicyclic amines) is 1. The summed E-state index contributed by atoms with van der Waals surface area (Å²) in [5, 5.41) is 8.41. The molecule has 0 spiro atoms. The molecule has 2 aliphatic heterocycles. The lowest BCUT2D eigenvalue weighted by Crippen LogP contribution is -2.23. The average Bonchev–Trinajstić information content (AvgIpc) is 3.33. The number of ether oxygens (including phenoxy) is 2. The number of aromatic nitrogens is 1. The van der Waals surface area contributed by atoms with Gasteiger partial charge in [0.25, 0.3) is 5.97 Å². The lowest BCUT2D eigenvalue weighted by molar-refractivity contribution is -0.141. The molecule has 4 rings (SSSR count). The number of cyclic esters (lactones) is 1. The summed E-state index contributed by atoms with van der Waals surface area (Å²) in [5.41, 5.74) is 1.07. The first-order chi connectivity index (χ1) is 13.0. The number of hydrogen-bond donors (Lipinski definition) is 1. The van der Waals surface area contributed by atoms with Gasteiger partial charge in [-0.2, -0.15) is 0 Å². The lowest BCUT2D eigenvalue weighted by atomic mass is 10.0. The average molecular weight is 390 g/mol. The lowest BCUT2D eigenvalue weighted by Gasteiger charge is -2.14. The van der Waals surface area contributed by atoms with E-state index in [0.717, 1.165) is 42.9 Å². The molecule has 8 heteroatoms. The van der Waals surface area contributed by atoms with Crippen molar-refractivity contribution >= 4 is 23.3 Å². The molecule has 0 aliphatic carbocycles. The Morgan fingerprint density at radius 3 is 2.93 bits per heavy atom. The van der Waals surface area contributed by atoms with Crippen LogP contribution in [0.1, 0.15) is 11.8 Å². The van der Waals surface area contributed by atoms with Gasteiger partial charge in [0, 0.05) is 49.1 Å². The molecule has 0 bridgehead atoms. The Labute approximate surface area is 161 Å². The number of benzene rings is 1. The summed E-state index contributed by atoms with van der Waals surface area (Å²) in [4.78, 5) is 28.7. The van der Waals surface area contributed by atoms with Crippen molar-refractivity contribution < 1.29 is 24.2 Å². The summed E-state index contributed by atoms with van der Waals surface area (Å²) < 4.78 is 10.4. The van der Waals surface area contributed by atoms with Gasteiger partial charge in [-0.1, -0.05) is 12.1 Å². The number of carboxylic acid groups (broad SMARTS) is 1. The predicted molar refractivity (Wildman–Crippen MR) is 101 cm³/mol. The number of carbonyl (C=O) groups excluding carboxylic acids is 1. The molecule has 0 unspecified atom stereocenters. The standard InChI is InChI=1S/C17H18N2O3S.C2H4O2/c1-21-13-4-2-3-11(5-13)16-18-6-14(23-16)8-19-7-12-10-22-17(20)15(12)9-19;1-2(3)4/h2-6,12,15H,7-10H2,1H3;1H3,(H,3,4)/t12-,15-;/m1./s1. The Kier molecular flexibility index (Phi) is 6.08. The van der Waals surface area contributed by atoms with Crippen LogP contribution >= 0.6 is 11.3 Å². The van der Waals surface area contributed by atoms with Crippen LogP contribution in [0.3, 0.4) is 0 Å². The van der Waals surface area contributed by atoms with Crippen LogP contribution in [0.15, 0.2) is 30.5 Å². The highest BCUT2D eigenvalue weighted by atomic mass is 32.1. The van der Waals surface area contributed by atoms with Crippen LogP contribution in [0.2, 0.25) is 0 Å². The maximum Gasteiger partial charge on any atom is 0.310 e. The van der Waals surface area contributed by atoms with Crippen molar-refractivity contribution in [2.75, 3.05) is 26.8 Å². The van der Waals surface area contributed by atoms with Crippen LogP contribution in [0.5, 0.6) is 5.75 Å². The fourth-order valence-corrected chi connectivity index (χ4v) is 4.26. The maximum absolute atomic E-state index is 11.6. The first kappa shape index (κ1) is 19.3. The van der Waals surface area contributed by atoms with Gasteiger partial charge < -0.3 is 14.6 Å². The predicted octanol–water partition coefficient (Wildman–Crippen LogP) is 2.51. The van der Waals surface area contributed by atoms with E-state index >= 15 is 0 Å². The topological polar surface area (TPSA) is 89.0 Å². The highest BCUT2D eigenvalue weighted by Gasteiger charge is 2.43. The Morgan fingerprint density at radius 1 is 1.44 bits per heavy atom. The van der Waals surface area contributed by atoms with Gasteiger partial charge in [-0.3, -0.25) is 14.5 Å². The molecule has 27 heavy (non-hydrogen) atoms. The number of methoxy groups -OCH3 is 1. The minimum atomic E-state index is -0.833. The monoisotopic (exact) mass is 390 g/mol. The van der Waals surface area contributed by atoms with Crippen molar-refractivity contribution in [3.8, 4) is 16.3 Å². The van der Waals surface area contributed by atoms with E-state index in [1.807, 2.05) is 30.5 Å². The second kappa shape index (κ2) is 8.49. The van der Waals surface area contributed by atoms with E-state index in [4.69, 9.17) is 19.4 Å². The number of hydrogen-bond acceptors (Lipinski definition) is 7. The number of aliphatic carboxylic acids is 1. The zero-order valence-electron chi connectivity index (χ0n) is 15.3. The van der Waals surface area contributed by atoms with E-state index in [-0.39, 0.29) is 11.9 Å². The molecule has 0 radical (unpaired) electrons. The zero-order valence-corrected chi connectivity index (χ0v) is 16.1. The molecule has 2 saturated heterocycles. The first-order valence-electron chi connectivity index (χ1n) is 8.64. The SMILES string of the molecule is CC(=O)O.COc1cccc(-c2ncc(CN3C[C@@H]4COC(=O)[C@@H]4C3)s2)c1. The molecule has 3 heterocycles. The molecule has 0 amide bonds. The molecule has 1 aromatic carbocycles. The third-order valence-corrected chi connectivity index (χ3v) is 5.54. The van der Waals surface area contributed by atoms with E-state index in [1.165, 1.54) is 4.88 Å². The van der Waals surface area contributed by atoms with Crippen molar-refractivity contribution in [3.63, 3.8) is 0 Å². The molecule has 2 aliphatic rings. The summed E-state index contributed by atoms with van der Waals surface area (Å²) in [7, 11) is 1.67. The van der Waals surface area contributed by atoms with E-state index in [0.29, 0.717) is 12.5 Å². The third-order valence-electron chi connectivity index (χ3n) is 4.51. The molecular weight excluding hydrogens is 368 g/mol. The van der Waals surface area contributed by atoms with Gasteiger partial charge in [-0.25, -0.2) is 4.98 Å². The highest BCUT2D eigenvalue weighted by molar-refractivity contribution is 7.15. The largest absolute Gasteiger partial charge is 0.497 e. The van der Waals surface area contributed by atoms with Crippen molar-refractivity contribution in [1.82, 2.24) is 9.88 Å². The van der Waals surface area contributed by atoms with Gasteiger partial charge in [-0.05, 0) is 12.1 Å². The molecule has 144 valence electrons.